The number of carbonyl (C=O) groups excluding carboxylic acids is 2. The first-order valence-electron chi connectivity index (χ1n) is 12.6. The molecule has 1 fully saturated rings. The number of benzene rings is 2. The number of nitrogens with one attached hydrogen (secondary N) is 1. The van der Waals surface area contributed by atoms with Crippen molar-refractivity contribution < 1.29 is 45.2 Å². The van der Waals surface area contributed by atoms with Crippen molar-refractivity contribution in [3.05, 3.63) is 65.2 Å². The van der Waals surface area contributed by atoms with Gasteiger partial charge < -0.3 is 19.5 Å². The second kappa shape index (κ2) is 13.9. The second-order valence-corrected chi connectivity index (χ2v) is 11.0. The number of rotatable bonds is 12. The SMILES string of the molecule is CC(=O)NC(CC(COS(=O)(=O)c1ccc(C)cc1)OC1CCCCO1)C(OC(C)=O)c1cc(F)ccc1F. The molecule has 9 nitrogen and oxygen atoms in total. The third-order valence-corrected chi connectivity index (χ3v) is 7.33. The molecule has 12 heteroatoms. The van der Waals surface area contributed by atoms with E-state index >= 15 is 0 Å². The fourth-order valence-corrected chi connectivity index (χ4v) is 5.15. The second-order valence-electron chi connectivity index (χ2n) is 9.34. The van der Waals surface area contributed by atoms with Crippen LogP contribution in [0.2, 0.25) is 0 Å². The minimum Gasteiger partial charge on any atom is -0.455 e. The van der Waals surface area contributed by atoms with Gasteiger partial charge >= 0.3 is 5.97 Å². The van der Waals surface area contributed by atoms with E-state index in [0.29, 0.717) is 13.0 Å². The van der Waals surface area contributed by atoms with Crippen molar-refractivity contribution in [2.75, 3.05) is 13.2 Å². The molecule has 1 heterocycles. The van der Waals surface area contributed by atoms with Crippen molar-refractivity contribution in [3.8, 4) is 0 Å². The van der Waals surface area contributed by atoms with Crippen LogP contribution in [0.25, 0.3) is 0 Å². The third-order valence-electron chi connectivity index (χ3n) is 6.03. The summed E-state index contributed by atoms with van der Waals surface area (Å²) < 4.78 is 76.8. The van der Waals surface area contributed by atoms with Gasteiger partial charge in [0.15, 0.2) is 6.29 Å². The van der Waals surface area contributed by atoms with E-state index in [1.807, 2.05) is 6.92 Å². The zero-order chi connectivity index (χ0) is 28.6. The molecule has 2 aromatic rings. The van der Waals surface area contributed by atoms with Gasteiger partial charge in [0, 0.05) is 32.4 Å². The quantitative estimate of drug-likeness (QED) is 0.300. The number of hydrogen-bond donors (Lipinski definition) is 1. The summed E-state index contributed by atoms with van der Waals surface area (Å²) >= 11 is 0. The molecule has 214 valence electrons. The molecular weight excluding hydrogens is 536 g/mol. The average molecular weight is 570 g/mol. The van der Waals surface area contributed by atoms with Gasteiger partial charge in [0.1, 0.15) is 17.7 Å². The minimum atomic E-state index is -4.18. The largest absolute Gasteiger partial charge is 0.455 e. The Morgan fingerprint density at radius 2 is 1.82 bits per heavy atom. The monoisotopic (exact) mass is 569 g/mol. The summed E-state index contributed by atoms with van der Waals surface area (Å²) in [5.41, 5.74) is 0.564. The van der Waals surface area contributed by atoms with Crippen LogP contribution in [-0.2, 0) is 38.1 Å². The molecule has 1 aliphatic rings. The van der Waals surface area contributed by atoms with Crippen LogP contribution in [0.1, 0.15) is 56.8 Å². The van der Waals surface area contributed by atoms with E-state index in [4.69, 9.17) is 18.4 Å². The Bertz CT molecular complexity index is 1230. The summed E-state index contributed by atoms with van der Waals surface area (Å²) in [6.45, 7) is 4.08. The van der Waals surface area contributed by atoms with Gasteiger partial charge in [-0.25, -0.2) is 8.78 Å². The molecule has 0 radical (unpaired) electrons. The van der Waals surface area contributed by atoms with Crippen molar-refractivity contribution in [2.24, 2.45) is 0 Å². The molecule has 39 heavy (non-hydrogen) atoms. The zero-order valence-corrected chi connectivity index (χ0v) is 22.8. The molecule has 0 saturated carbocycles. The Hall–Kier alpha value is -2.93. The molecule has 0 aliphatic carbocycles. The lowest BCUT2D eigenvalue weighted by molar-refractivity contribution is -0.197. The molecule has 1 N–H and O–H groups in total. The Morgan fingerprint density at radius 1 is 1.10 bits per heavy atom. The lowest BCUT2D eigenvalue weighted by Crippen LogP contribution is -2.44. The van der Waals surface area contributed by atoms with E-state index in [0.717, 1.165) is 43.5 Å². The van der Waals surface area contributed by atoms with E-state index < -0.39 is 64.8 Å². The van der Waals surface area contributed by atoms with Crippen LogP contribution >= 0.6 is 0 Å². The summed E-state index contributed by atoms with van der Waals surface area (Å²) in [6, 6.07) is 7.61. The maximum atomic E-state index is 14.8. The van der Waals surface area contributed by atoms with Gasteiger partial charge in [0.25, 0.3) is 10.1 Å². The lowest BCUT2D eigenvalue weighted by atomic mass is 9.96. The highest BCUT2D eigenvalue weighted by atomic mass is 32.2. The van der Waals surface area contributed by atoms with Crippen LogP contribution in [0.4, 0.5) is 8.78 Å². The normalized spacial score (nSPS) is 18.1. The predicted molar refractivity (Wildman–Crippen MR) is 136 cm³/mol. The van der Waals surface area contributed by atoms with Gasteiger partial charge in [0.05, 0.1) is 23.6 Å². The van der Waals surface area contributed by atoms with E-state index in [1.165, 1.54) is 19.1 Å². The Morgan fingerprint density at radius 3 is 2.44 bits per heavy atom. The number of esters is 1. The molecule has 4 unspecified atom stereocenters. The van der Waals surface area contributed by atoms with E-state index in [2.05, 4.69) is 5.32 Å². The molecule has 1 saturated heterocycles. The van der Waals surface area contributed by atoms with Crippen LogP contribution in [0.5, 0.6) is 0 Å². The van der Waals surface area contributed by atoms with Gasteiger partial charge in [-0.1, -0.05) is 17.7 Å². The van der Waals surface area contributed by atoms with Crippen molar-refractivity contribution >= 4 is 22.0 Å². The highest BCUT2D eigenvalue weighted by molar-refractivity contribution is 7.86. The zero-order valence-electron chi connectivity index (χ0n) is 22.0. The van der Waals surface area contributed by atoms with Crippen LogP contribution in [0, 0.1) is 18.6 Å². The molecule has 2 aromatic carbocycles. The number of carbonyl (C=O) groups is 2. The first-order chi connectivity index (χ1) is 18.4. The van der Waals surface area contributed by atoms with Crippen molar-refractivity contribution in [1.29, 1.82) is 0 Å². The Balaban J connectivity index is 1.91. The van der Waals surface area contributed by atoms with Gasteiger partial charge in [-0.05, 0) is 56.5 Å². The summed E-state index contributed by atoms with van der Waals surface area (Å²) in [6.07, 6.45) is -1.13. The van der Waals surface area contributed by atoms with Crippen molar-refractivity contribution in [2.45, 2.75) is 75.9 Å². The third kappa shape index (κ3) is 9.34. The molecule has 0 bridgehead atoms. The molecular formula is C27H33F2NO8S. The molecule has 1 aliphatic heterocycles. The van der Waals surface area contributed by atoms with Crippen LogP contribution in [0.3, 0.4) is 0 Å². The first kappa shape index (κ1) is 30.6. The summed E-state index contributed by atoms with van der Waals surface area (Å²) in [5, 5.41) is 2.60. The maximum Gasteiger partial charge on any atom is 0.303 e. The molecule has 0 aromatic heterocycles. The number of amides is 1. The van der Waals surface area contributed by atoms with Gasteiger partial charge in [-0.3, -0.25) is 13.8 Å². The fraction of sp³-hybridized carbons (Fsp3) is 0.481. The van der Waals surface area contributed by atoms with E-state index in [-0.39, 0.29) is 16.9 Å². The first-order valence-corrected chi connectivity index (χ1v) is 14.0. The summed E-state index contributed by atoms with van der Waals surface area (Å²) in [7, 11) is -4.18. The van der Waals surface area contributed by atoms with Crippen LogP contribution < -0.4 is 5.32 Å². The Labute approximate surface area is 226 Å². The highest BCUT2D eigenvalue weighted by Crippen LogP contribution is 2.30. The van der Waals surface area contributed by atoms with E-state index in [9.17, 15) is 26.8 Å². The van der Waals surface area contributed by atoms with Crippen LogP contribution in [-0.4, -0.2) is 51.9 Å². The van der Waals surface area contributed by atoms with E-state index in [1.54, 1.807) is 12.1 Å². The van der Waals surface area contributed by atoms with Gasteiger partial charge in [-0.2, -0.15) is 8.42 Å². The number of aryl methyl sites for hydroxylation is 1. The standard InChI is InChI=1S/C27H33F2NO8S/c1-17-7-10-22(11-8-17)39(33,34)36-16-21(38-26-6-4-5-13-35-26)15-25(30-18(2)31)27(37-19(3)32)23-14-20(28)9-12-24(23)29/h7-12,14,21,25-27H,4-6,13,15-16H2,1-3H3,(H,30,31). The van der Waals surface area contributed by atoms with Crippen LogP contribution in [0.15, 0.2) is 47.4 Å². The van der Waals surface area contributed by atoms with Gasteiger partial charge in [-0.15, -0.1) is 0 Å². The predicted octanol–water partition coefficient (Wildman–Crippen LogP) is 4.09. The molecule has 4 atom stereocenters. The number of hydrogen-bond acceptors (Lipinski definition) is 8. The van der Waals surface area contributed by atoms with Gasteiger partial charge in [0.2, 0.25) is 5.91 Å². The Kier molecular flexibility index (Phi) is 10.9. The number of ether oxygens (including phenoxy) is 3. The highest BCUT2D eigenvalue weighted by Gasteiger charge is 2.34. The summed E-state index contributed by atoms with van der Waals surface area (Å²) in [4.78, 5) is 24.0. The number of halogens is 2. The minimum absolute atomic E-state index is 0.0567. The maximum absolute atomic E-state index is 14.8. The lowest BCUT2D eigenvalue weighted by Gasteiger charge is -2.33. The fourth-order valence-electron chi connectivity index (χ4n) is 4.21. The topological polar surface area (TPSA) is 117 Å². The average Bonchev–Trinajstić information content (AvgIpc) is 2.87. The molecule has 3 rings (SSSR count). The molecule has 1 amide bonds. The van der Waals surface area contributed by atoms with Crippen molar-refractivity contribution in [3.63, 3.8) is 0 Å². The summed E-state index contributed by atoms with van der Waals surface area (Å²) in [5.74, 6) is -2.98. The smallest absolute Gasteiger partial charge is 0.303 e. The van der Waals surface area contributed by atoms with Crippen molar-refractivity contribution in [1.82, 2.24) is 5.32 Å². The molecule has 0 spiro atoms.